The Morgan fingerprint density at radius 1 is 1.47 bits per heavy atom. The summed E-state index contributed by atoms with van der Waals surface area (Å²) in [6, 6.07) is 5.71. The maximum Gasteiger partial charge on any atom is 0.280 e. The smallest absolute Gasteiger partial charge is 0.280 e. The van der Waals surface area contributed by atoms with Crippen LogP contribution in [0.4, 0.5) is 10.5 Å². The number of rotatable bonds is 3. The van der Waals surface area contributed by atoms with Crippen LogP contribution in [0, 0.1) is 0 Å². The van der Waals surface area contributed by atoms with Crippen molar-refractivity contribution in [2.75, 3.05) is 12.4 Å². The highest BCUT2D eigenvalue weighted by Gasteiger charge is 2.07. The Morgan fingerprint density at radius 2 is 2.13 bits per heavy atom. The van der Waals surface area contributed by atoms with E-state index in [1.54, 1.807) is 7.11 Å². The van der Waals surface area contributed by atoms with Crippen molar-refractivity contribution in [1.29, 1.82) is 0 Å². The third kappa shape index (κ3) is 3.16. The zero-order valence-corrected chi connectivity index (χ0v) is 9.97. The second-order valence-electron chi connectivity index (χ2n) is 3.54. The lowest BCUT2D eigenvalue weighted by Gasteiger charge is -2.12. The first-order chi connectivity index (χ1) is 7.04. The molecule has 1 aromatic rings. The van der Waals surface area contributed by atoms with Crippen LogP contribution in [0.2, 0.25) is 0 Å². The van der Waals surface area contributed by atoms with Crippen LogP contribution in [0.5, 0.6) is 5.75 Å². The monoisotopic (exact) mass is 225 g/mol. The van der Waals surface area contributed by atoms with Gasteiger partial charge in [0.1, 0.15) is 5.75 Å². The van der Waals surface area contributed by atoms with Crippen molar-refractivity contribution in [3.8, 4) is 5.75 Å². The van der Waals surface area contributed by atoms with E-state index in [0.717, 1.165) is 0 Å². The zero-order valence-electron chi connectivity index (χ0n) is 9.07. The van der Waals surface area contributed by atoms with Crippen molar-refractivity contribution >= 4 is 23.6 Å². The van der Waals surface area contributed by atoms with Crippen LogP contribution in [-0.2, 0) is 0 Å². The number of methoxy groups -OCH3 is 1. The molecule has 0 aliphatic heterocycles. The van der Waals surface area contributed by atoms with Crippen molar-refractivity contribution < 1.29 is 9.53 Å². The summed E-state index contributed by atoms with van der Waals surface area (Å²) in [7, 11) is 1.58. The third-order valence-electron chi connectivity index (χ3n) is 2.13. The van der Waals surface area contributed by atoms with Crippen LogP contribution in [-0.4, -0.2) is 12.3 Å². The van der Waals surface area contributed by atoms with Crippen LogP contribution >= 0.6 is 12.6 Å². The Bertz CT molecular complexity index is 364. The first-order valence-corrected chi connectivity index (χ1v) is 5.17. The molecule has 15 heavy (non-hydrogen) atoms. The Balaban J connectivity index is 3.03. The lowest BCUT2D eigenvalue weighted by molar-refractivity contribution is 0.270. The van der Waals surface area contributed by atoms with Crippen LogP contribution in [0.1, 0.15) is 25.3 Å². The van der Waals surface area contributed by atoms with Gasteiger partial charge in [0, 0.05) is 0 Å². The molecule has 0 saturated carbocycles. The van der Waals surface area contributed by atoms with E-state index in [1.165, 1.54) is 5.56 Å². The van der Waals surface area contributed by atoms with E-state index in [1.807, 2.05) is 18.2 Å². The highest BCUT2D eigenvalue weighted by Crippen LogP contribution is 2.28. The topological polar surface area (TPSA) is 38.3 Å². The van der Waals surface area contributed by atoms with Gasteiger partial charge in [-0.3, -0.25) is 4.79 Å². The number of hydrogen-bond acceptors (Lipinski definition) is 2. The van der Waals surface area contributed by atoms with Gasteiger partial charge in [-0.1, -0.05) is 32.5 Å². The average Bonchev–Trinajstić information content (AvgIpc) is 2.17. The summed E-state index contributed by atoms with van der Waals surface area (Å²) in [6.07, 6.45) is 0. The van der Waals surface area contributed by atoms with Gasteiger partial charge in [-0.15, -0.1) is 0 Å². The van der Waals surface area contributed by atoms with E-state index >= 15 is 0 Å². The van der Waals surface area contributed by atoms with E-state index in [9.17, 15) is 4.79 Å². The van der Waals surface area contributed by atoms with E-state index < -0.39 is 5.24 Å². The SMILES string of the molecule is COc1cc(C(C)C)ccc1NC(=O)S. The van der Waals surface area contributed by atoms with Crippen LogP contribution < -0.4 is 10.1 Å². The standard InChI is InChI=1S/C11H15NO2S/c1-7(2)8-4-5-9(12-11(13)15)10(6-8)14-3/h4-7H,1-3H3,(H2,12,13,15). The van der Waals surface area contributed by atoms with E-state index in [0.29, 0.717) is 17.4 Å². The molecule has 1 amide bonds. The van der Waals surface area contributed by atoms with E-state index in [4.69, 9.17) is 4.74 Å². The van der Waals surface area contributed by atoms with Crippen molar-refractivity contribution in [3.63, 3.8) is 0 Å². The fourth-order valence-electron chi connectivity index (χ4n) is 1.29. The minimum Gasteiger partial charge on any atom is -0.495 e. The molecule has 3 nitrogen and oxygen atoms in total. The average molecular weight is 225 g/mol. The molecule has 1 N–H and O–H groups in total. The summed E-state index contributed by atoms with van der Waals surface area (Å²) < 4.78 is 5.19. The van der Waals surface area contributed by atoms with Crippen molar-refractivity contribution in [2.24, 2.45) is 0 Å². The van der Waals surface area contributed by atoms with Crippen LogP contribution in [0.15, 0.2) is 18.2 Å². The van der Waals surface area contributed by atoms with Gasteiger partial charge in [-0.2, -0.15) is 0 Å². The molecule has 0 unspecified atom stereocenters. The van der Waals surface area contributed by atoms with Crippen LogP contribution in [0.3, 0.4) is 0 Å². The van der Waals surface area contributed by atoms with Crippen molar-refractivity contribution in [1.82, 2.24) is 0 Å². The predicted molar refractivity (Wildman–Crippen MR) is 65.1 cm³/mol. The molecule has 1 rings (SSSR count). The van der Waals surface area contributed by atoms with Gasteiger partial charge in [0.2, 0.25) is 0 Å². The molecule has 0 bridgehead atoms. The maximum absolute atomic E-state index is 10.8. The quantitative estimate of drug-likeness (QED) is 0.775. The molecule has 0 aromatic heterocycles. The number of benzene rings is 1. The van der Waals surface area contributed by atoms with E-state index in [2.05, 4.69) is 31.8 Å². The number of nitrogens with one attached hydrogen (secondary N) is 1. The molecular weight excluding hydrogens is 210 g/mol. The summed E-state index contributed by atoms with van der Waals surface area (Å²) in [5.41, 5.74) is 1.81. The van der Waals surface area contributed by atoms with Gasteiger partial charge in [0.25, 0.3) is 5.24 Å². The number of carbonyl (C=O) groups excluding carboxylic acids is 1. The fraction of sp³-hybridized carbons (Fsp3) is 0.364. The number of amides is 1. The van der Waals surface area contributed by atoms with Gasteiger partial charge in [-0.05, 0) is 23.6 Å². The summed E-state index contributed by atoms with van der Waals surface area (Å²) >= 11 is 3.66. The maximum atomic E-state index is 10.8. The fourth-order valence-corrected chi connectivity index (χ4v) is 1.41. The number of anilines is 1. The molecule has 0 aliphatic carbocycles. The number of hydrogen-bond donors (Lipinski definition) is 2. The molecule has 0 atom stereocenters. The number of carbonyl (C=O) groups is 1. The predicted octanol–water partition coefficient (Wildman–Crippen LogP) is 3.28. The normalized spacial score (nSPS) is 10.2. The Morgan fingerprint density at radius 3 is 2.60 bits per heavy atom. The lowest BCUT2D eigenvalue weighted by atomic mass is 10.0. The molecule has 0 spiro atoms. The second-order valence-corrected chi connectivity index (χ2v) is 3.95. The van der Waals surface area contributed by atoms with Crippen molar-refractivity contribution in [2.45, 2.75) is 19.8 Å². The summed E-state index contributed by atoms with van der Waals surface area (Å²) in [4.78, 5) is 10.8. The van der Waals surface area contributed by atoms with Crippen LogP contribution in [0.25, 0.3) is 0 Å². The highest BCUT2D eigenvalue weighted by molar-refractivity contribution is 7.96. The Hall–Kier alpha value is -1.16. The molecular formula is C11H15NO2S. The third-order valence-corrected chi connectivity index (χ3v) is 2.25. The highest BCUT2D eigenvalue weighted by atomic mass is 32.1. The lowest BCUT2D eigenvalue weighted by Crippen LogP contribution is -2.03. The second kappa shape index (κ2) is 5.07. The largest absolute Gasteiger partial charge is 0.495 e. The summed E-state index contributed by atoms with van der Waals surface area (Å²) in [5, 5.41) is 2.19. The molecule has 0 aliphatic rings. The first kappa shape index (κ1) is 11.9. The van der Waals surface area contributed by atoms with Gasteiger partial charge < -0.3 is 10.1 Å². The van der Waals surface area contributed by atoms with Gasteiger partial charge in [-0.25, -0.2) is 0 Å². The minimum absolute atomic E-state index is 0.398. The summed E-state index contributed by atoms with van der Waals surface area (Å²) in [5.74, 6) is 1.09. The molecule has 0 fully saturated rings. The molecule has 0 heterocycles. The molecule has 0 radical (unpaired) electrons. The van der Waals surface area contributed by atoms with Gasteiger partial charge in [0.15, 0.2) is 0 Å². The van der Waals surface area contributed by atoms with E-state index in [-0.39, 0.29) is 0 Å². The molecule has 1 aromatic carbocycles. The molecule has 0 saturated heterocycles. The minimum atomic E-state index is -0.398. The number of ether oxygens (including phenoxy) is 1. The van der Waals surface area contributed by atoms with Gasteiger partial charge >= 0.3 is 0 Å². The Labute approximate surface area is 95.2 Å². The number of thiol groups is 1. The molecule has 82 valence electrons. The summed E-state index contributed by atoms with van der Waals surface area (Å²) in [6.45, 7) is 4.21. The Kier molecular flexibility index (Phi) is 4.03. The van der Waals surface area contributed by atoms with Gasteiger partial charge in [0.05, 0.1) is 12.8 Å². The zero-order chi connectivity index (χ0) is 11.4. The molecule has 4 heteroatoms. The first-order valence-electron chi connectivity index (χ1n) is 4.72. The van der Waals surface area contributed by atoms with Crippen molar-refractivity contribution in [3.05, 3.63) is 23.8 Å².